The van der Waals surface area contributed by atoms with Crippen molar-refractivity contribution >= 4 is 11.7 Å². The van der Waals surface area contributed by atoms with E-state index in [9.17, 15) is 4.79 Å². The number of carbonyl (C=O) groups is 1. The van der Waals surface area contributed by atoms with E-state index in [1.54, 1.807) is 0 Å². The summed E-state index contributed by atoms with van der Waals surface area (Å²) in [5.74, 6) is 0.717. The molecule has 0 unspecified atom stereocenters. The predicted molar refractivity (Wildman–Crippen MR) is 89.6 cm³/mol. The van der Waals surface area contributed by atoms with Gasteiger partial charge in [0.1, 0.15) is 5.75 Å². The standard InChI is InChI=1S/C17H27N3O2/c1-5-22-16-10-12(2)6-7-15(16)19-17(21)18-14-8-9-20(4)13(3)11-14/h6-7,10,13-14H,5,8-9,11H2,1-4H3,(H2,18,19,21)/t13-,14-/m1/s1. The van der Waals surface area contributed by atoms with Gasteiger partial charge in [0.25, 0.3) is 0 Å². The van der Waals surface area contributed by atoms with Crippen LogP contribution >= 0.6 is 0 Å². The van der Waals surface area contributed by atoms with Gasteiger partial charge in [0, 0.05) is 18.6 Å². The summed E-state index contributed by atoms with van der Waals surface area (Å²) in [6.45, 7) is 7.73. The van der Waals surface area contributed by atoms with E-state index >= 15 is 0 Å². The number of benzene rings is 1. The quantitative estimate of drug-likeness (QED) is 0.899. The first-order valence-electron chi connectivity index (χ1n) is 8.00. The minimum Gasteiger partial charge on any atom is -0.492 e. The molecule has 122 valence electrons. The van der Waals surface area contributed by atoms with Crippen LogP contribution in [0.2, 0.25) is 0 Å². The van der Waals surface area contributed by atoms with E-state index in [0.29, 0.717) is 18.3 Å². The molecule has 22 heavy (non-hydrogen) atoms. The minimum atomic E-state index is -0.161. The molecule has 1 aromatic carbocycles. The highest BCUT2D eigenvalue weighted by Crippen LogP contribution is 2.26. The summed E-state index contributed by atoms with van der Waals surface area (Å²) in [7, 11) is 2.13. The van der Waals surface area contributed by atoms with Gasteiger partial charge in [-0.2, -0.15) is 0 Å². The number of urea groups is 1. The van der Waals surface area contributed by atoms with Crippen LogP contribution in [-0.4, -0.2) is 43.2 Å². The van der Waals surface area contributed by atoms with E-state index in [4.69, 9.17) is 4.74 Å². The topological polar surface area (TPSA) is 53.6 Å². The van der Waals surface area contributed by atoms with Gasteiger partial charge in [0.2, 0.25) is 0 Å². The zero-order chi connectivity index (χ0) is 16.1. The zero-order valence-corrected chi connectivity index (χ0v) is 14.0. The van der Waals surface area contributed by atoms with Gasteiger partial charge in [-0.15, -0.1) is 0 Å². The van der Waals surface area contributed by atoms with Crippen molar-refractivity contribution in [2.24, 2.45) is 0 Å². The van der Waals surface area contributed by atoms with Gasteiger partial charge in [0.15, 0.2) is 0 Å². The van der Waals surface area contributed by atoms with Crippen molar-refractivity contribution < 1.29 is 9.53 Å². The third-order valence-corrected chi connectivity index (χ3v) is 4.23. The summed E-state index contributed by atoms with van der Waals surface area (Å²) in [4.78, 5) is 14.5. The Kier molecular flexibility index (Phi) is 5.66. The lowest BCUT2D eigenvalue weighted by molar-refractivity contribution is 0.170. The largest absolute Gasteiger partial charge is 0.492 e. The van der Waals surface area contributed by atoms with E-state index < -0.39 is 0 Å². The fourth-order valence-corrected chi connectivity index (χ4v) is 2.77. The predicted octanol–water partition coefficient (Wildman–Crippen LogP) is 3.00. The molecule has 5 nitrogen and oxygen atoms in total. The molecular formula is C17H27N3O2. The molecule has 2 amide bonds. The van der Waals surface area contributed by atoms with Gasteiger partial charge in [-0.05, 0) is 58.4 Å². The molecule has 5 heteroatoms. The van der Waals surface area contributed by atoms with Gasteiger partial charge < -0.3 is 20.3 Å². The summed E-state index contributed by atoms with van der Waals surface area (Å²) in [5.41, 5.74) is 1.82. The summed E-state index contributed by atoms with van der Waals surface area (Å²) in [6.07, 6.45) is 1.97. The Hall–Kier alpha value is -1.75. The van der Waals surface area contributed by atoms with E-state index in [-0.39, 0.29) is 12.1 Å². The molecular weight excluding hydrogens is 278 g/mol. The molecule has 2 N–H and O–H groups in total. The highest BCUT2D eigenvalue weighted by molar-refractivity contribution is 5.91. The van der Waals surface area contributed by atoms with Crippen molar-refractivity contribution in [2.45, 2.75) is 45.7 Å². The third-order valence-electron chi connectivity index (χ3n) is 4.23. The number of anilines is 1. The summed E-state index contributed by atoms with van der Waals surface area (Å²) >= 11 is 0. The van der Waals surface area contributed by atoms with Crippen LogP contribution in [0.1, 0.15) is 32.3 Å². The highest BCUT2D eigenvalue weighted by Gasteiger charge is 2.24. The summed E-state index contributed by atoms with van der Waals surface area (Å²) < 4.78 is 5.59. The van der Waals surface area contributed by atoms with Crippen LogP contribution in [0.5, 0.6) is 5.75 Å². The number of piperidine rings is 1. The second-order valence-corrected chi connectivity index (χ2v) is 6.08. The smallest absolute Gasteiger partial charge is 0.319 e. The zero-order valence-electron chi connectivity index (χ0n) is 14.0. The van der Waals surface area contributed by atoms with Gasteiger partial charge in [0.05, 0.1) is 12.3 Å². The van der Waals surface area contributed by atoms with Crippen molar-refractivity contribution in [3.05, 3.63) is 23.8 Å². The van der Waals surface area contributed by atoms with Crippen molar-refractivity contribution in [3.8, 4) is 5.75 Å². The molecule has 0 bridgehead atoms. The maximum Gasteiger partial charge on any atom is 0.319 e. The Morgan fingerprint density at radius 1 is 1.45 bits per heavy atom. The van der Waals surface area contributed by atoms with E-state index in [1.807, 2.05) is 32.0 Å². The van der Waals surface area contributed by atoms with Crippen LogP contribution in [0.3, 0.4) is 0 Å². The molecule has 0 saturated carbocycles. The van der Waals surface area contributed by atoms with Crippen LogP contribution in [0, 0.1) is 6.92 Å². The first kappa shape index (κ1) is 16.6. The first-order valence-corrected chi connectivity index (χ1v) is 8.00. The average molecular weight is 305 g/mol. The van der Waals surface area contributed by atoms with Crippen molar-refractivity contribution in [1.29, 1.82) is 0 Å². The highest BCUT2D eigenvalue weighted by atomic mass is 16.5. The normalized spacial score (nSPS) is 22.2. The maximum absolute atomic E-state index is 12.2. The van der Waals surface area contributed by atoms with Gasteiger partial charge >= 0.3 is 6.03 Å². The van der Waals surface area contributed by atoms with Crippen LogP contribution in [0.15, 0.2) is 18.2 Å². The number of likely N-dealkylation sites (tertiary alicyclic amines) is 1. The average Bonchev–Trinajstić information content (AvgIpc) is 2.46. The molecule has 0 aliphatic carbocycles. The van der Waals surface area contributed by atoms with E-state index in [2.05, 4.69) is 29.5 Å². The molecule has 0 spiro atoms. The lowest BCUT2D eigenvalue weighted by atomic mass is 9.99. The number of aryl methyl sites for hydroxylation is 1. The number of hydrogen-bond acceptors (Lipinski definition) is 3. The fraction of sp³-hybridized carbons (Fsp3) is 0.588. The molecule has 0 radical (unpaired) electrons. The van der Waals surface area contributed by atoms with Crippen LogP contribution in [-0.2, 0) is 0 Å². The molecule has 1 aliphatic heterocycles. The Bertz CT molecular complexity index is 519. The van der Waals surface area contributed by atoms with Crippen LogP contribution in [0.25, 0.3) is 0 Å². The summed E-state index contributed by atoms with van der Waals surface area (Å²) in [5, 5.41) is 5.98. The van der Waals surface area contributed by atoms with E-state index in [0.717, 1.165) is 30.7 Å². The van der Waals surface area contributed by atoms with Crippen LogP contribution in [0.4, 0.5) is 10.5 Å². The molecule has 1 heterocycles. The number of amides is 2. The number of rotatable bonds is 4. The van der Waals surface area contributed by atoms with Crippen molar-refractivity contribution in [3.63, 3.8) is 0 Å². The second kappa shape index (κ2) is 7.49. The van der Waals surface area contributed by atoms with Crippen molar-refractivity contribution in [1.82, 2.24) is 10.2 Å². The number of hydrogen-bond donors (Lipinski definition) is 2. The number of nitrogens with zero attached hydrogens (tertiary/aromatic N) is 1. The maximum atomic E-state index is 12.2. The Labute approximate surface area is 133 Å². The second-order valence-electron chi connectivity index (χ2n) is 6.08. The third kappa shape index (κ3) is 4.37. The number of carbonyl (C=O) groups excluding carboxylic acids is 1. The van der Waals surface area contributed by atoms with Crippen LogP contribution < -0.4 is 15.4 Å². The van der Waals surface area contributed by atoms with Gasteiger partial charge in [-0.3, -0.25) is 0 Å². The lowest BCUT2D eigenvalue weighted by Crippen LogP contribution is -2.48. The summed E-state index contributed by atoms with van der Waals surface area (Å²) in [6, 6.07) is 6.36. The van der Waals surface area contributed by atoms with Gasteiger partial charge in [-0.1, -0.05) is 6.07 Å². The molecule has 2 rings (SSSR count). The first-order chi connectivity index (χ1) is 10.5. The van der Waals surface area contributed by atoms with E-state index in [1.165, 1.54) is 0 Å². The SMILES string of the molecule is CCOc1cc(C)ccc1NC(=O)N[C@@H]1CCN(C)[C@H](C)C1. The molecule has 1 aliphatic rings. The Morgan fingerprint density at radius 3 is 2.91 bits per heavy atom. The molecule has 0 aromatic heterocycles. The molecule has 1 fully saturated rings. The minimum absolute atomic E-state index is 0.161. The Morgan fingerprint density at radius 2 is 2.23 bits per heavy atom. The molecule has 2 atom stereocenters. The fourth-order valence-electron chi connectivity index (χ4n) is 2.77. The Balaban J connectivity index is 1.94. The monoisotopic (exact) mass is 305 g/mol. The molecule has 1 aromatic rings. The lowest BCUT2D eigenvalue weighted by Gasteiger charge is -2.35. The van der Waals surface area contributed by atoms with Gasteiger partial charge in [-0.25, -0.2) is 4.79 Å². The number of ether oxygens (including phenoxy) is 1. The molecule has 1 saturated heterocycles. The van der Waals surface area contributed by atoms with Crippen molar-refractivity contribution in [2.75, 3.05) is 25.5 Å². The number of nitrogens with one attached hydrogen (secondary N) is 2.